The number of carbonyl (C=O) groups is 2. The number of amides is 2. The van der Waals surface area contributed by atoms with Gasteiger partial charge in [-0.25, -0.2) is 4.79 Å². The average molecular weight is 271 g/mol. The van der Waals surface area contributed by atoms with Crippen molar-refractivity contribution in [2.24, 2.45) is 0 Å². The molecule has 0 aromatic heterocycles. The molecule has 6 heteroatoms. The Labute approximate surface area is 115 Å². The van der Waals surface area contributed by atoms with Gasteiger partial charge in [0.05, 0.1) is 6.42 Å². The van der Waals surface area contributed by atoms with Crippen LogP contribution in [0.4, 0.5) is 4.79 Å². The summed E-state index contributed by atoms with van der Waals surface area (Å²) >= 11 is 0. The third-order valence-electron chi connectivity index (χ3n) is 3.65. The molecule has 2 amide bonds. The lowest BCUT2D eigenvalue weighted by Crippen LogP contribution is -2.49. The molecular weight excluding hydrogens is 246 g/mol. The Bertz CT molecular complexity index is 312. The van der Waals surface area contributed by atoms with Gasteiger partial charge < -0.3 is 14.9 Å². The monoisotopic (exact) mass is 271 g/mol. The van der Waals surface area contributed by atoms with E-state index in [4.69, 9.17) is 5.11 Å². The van der Waals surface area contributed by atoms with Crippen LogP contribution >= 0.6 is 0 Å². The molecule has 0 saturated carbocycles. The number of likely N-dealkylation sites (tertiary alicyclic amines) is 1. The lowest BCUT2D eigenvalue weighted by Gasteiger charge is -2.38. The molecule has 0 aliphatic carbocycles. The number of hydrogen-bond acceptors (Lipinski definition) is 3. The van der Waals surface area contributed by atoms with Crippen molar-refractivity contribution in [3.63, 3.8) is 0 Å². The molecule has 1 rings (SSSR count). The predicted octanol–water partition coefficient (Wildman–Crippen LogP) is 0.929. The standard InChI is InChI=1S/C13H25N3O3/c1-4-15(10-7-12(17)18)11-5-8-16(9-6-11)13(19)14(2)3/h11H,4-10H2,1-3H3,(H,17,18). The molecule has 6 nitrogen and oxygen atoms in total. The van der Waals surface area contributed by atoms with Gasteiger partial charge in [-0.2, -0.15) is 0 Å². The Hall–Kier alpha value is -1.30. The molecule has 1 heterocycles. The zero-order valence-corrected chi connectivity index (χ0v) is 12.1. The zero-order chi connectivity index (χ0) is 14.4. The van der Waals surface area contributed by atoms with Crippen LogP contribution in [0.15, 0.2) is 0 Å². The highest BCUT2D eigenvalue weighted by Crippen LogP contribution is 2.17. The molecule has 1 aliphatic rings. The van der Waals surface area contributed by atoms with E-state index < -0.39 is 5.97 Å². The second kappa shape index (κ2) is 7.33. The van der Waals surface area contributed by atoms with Crippen molar-refractivity contribution < 1.29 is 14.7 Å². The summed E-state index contributed by atoms with van der Waals surface area (Å²) in [4.78, 5) is 28.1. The van der Waals surface area contributed by atoms with Gasteiger partial charge in [0, 0.05) is 39.8 Å². The van der Waals surface area contributed by atoms with Gasteiger partial charge in [0.15, 0.2) is 0 Å². The number of carbonyl (C=O) groups excluding carboxylic acids is 1. The van der Waals surface area contributed by atoms with Gasteiger partial charge >= 0.3 is 12.0 Å². The van der Waals surface area contributed by atoms with Crippen molar-refractivity contribution in [2.45, 2.75) is 32.2 Å². The van der Waals surface area contributed by atoms with E-state index >= 15 is 0 Å². The molecular formula is C13H25N3O3. The molecule has 1 aliphatic heterocycles. The summed E-state index contributed by atoms with van der Waals surface area (Å²) in [5.74, 6) is -0.751. The van der Waals surface area contributed by atoms with Crippen LogP contribution in [0.2, 0.25) is 0 Å². The van der Waals surface area contributed by atoms with Gasteiger partial charge in [0.2, 0.25) is 0 Å². The highest BCUT2D eigenvalue weighted by Gasteiger charge is 2.26. The van der Waals surface area contributed by atoms with Crippen LogP contribution < -0.4 is 0 Å². The van der Waals surface area contributed by atoms with E-state index in [0.29, 0.717) is 12.6 Å². The molecule has 0 bridgehead atoms. The van der Waals surface area contributed by atoms with Gasteiger partial charge in [-0.3, -0.25) is 9.69 Å². The first-order valence-electron chi connectivity index (χ1n) is 6.87. The van der Waals surface area contributed by atoms with E-state index in [-0.39, 0.29) is 12.5 Å². The predicted molar refractivity (Wildman–Crippen MR) is 73.2 cm³/mol. The average Bonchev–Trinajstić information content (AvgIpc) is 2.39. The fourth-order valence-electron chi connectivity index (χ4n) is 2.54. The normalized spacial score (nSPS) is 16.7. The van der Waals surface area contributed by atoms with Gasteiger partial charge in [0.25, 0.3) is 0 Å². The molecule has 0 aromatic carbocycles. The third kappa shape index (κ3) is 4.70. The molecule has 19 heavy (non-hydrogen) atoms. The zero-order valence-electron chi connectivity index (χ0n) is 12.1. The minimum Gasteiger partial charge on any atom is -0.481 e. The largest absolute Gasteiger partial charge is 0.481 e. The Morgan fingerprint density at radius 1 is 1.26 bits per heavy atom. The van der Waals surface area contributed by atoms with Gasteiger partial charge in [0.1, 0.15) is 0 Å². The maximum Gasteiger partial charge on any atom is 0.319 e. The van der Waals surface area contributed by atoms with E-state index in [9.17, 15) is 9.59 Å². The number of carboxylic acid groups (broad SMARTS) is 1. The highest BCUT2D eigenvalue weighted by molar-refractivity contribution is 5.73. The molecule has 110 valence electrons. The third-order valence-corrected chi connectivity index (χ3v) is 3.65. The Balaban J connectivity index is 2.42. The number of urea groups is 1. The molecule has 1 fully saturated rings. The number of carboxylic acids is 1. The Kier molecular flexibility index (Phi) is 6.08. The van der Waals surface area contributed by atoms with Crippen LogP contribution in [0.25, 0.3) is 0 Å². The molecule has 0 aromatic rings. The van der Waals surface area contributed by atoms with Crippen molar-refractivity contribution in [1.82, 2.24) is 14.7 Å². The summed E-state index contributed by atoms with van der Waals surface area (Å²) in [6.45, 7) is 5.02. The summed E-state index contributed by atoms with van der Waals surface area (Å²) in [7, 11) is 3.53. The van der Waals surface area contributed by atoms with E-state index in [1.54, 1.807) is 19.0 Å². The number of rotatable bonds is 5. The van der Waals surface area contributed by atoms with Crippen LogP contribution in [-0.2, 0) is 4.79 Å². The smallest absolute Gasteiger partial charge is 0.319 e. The summed E-state index contributed by atoms with van der Waals surface area (Å²) in [6.07, 6.45) is 2.03. The minimum absolute atomic E-state index is 0.0621. The number of aliphatic carboxylic acids is 1. The van der Waals surface area contributed by atoms with E-state index in [1.165, 1.54) is 0 Å². The SMILES string of the molecule is CCN(CCC(=O)O)C1CCN(C(=O)N(C)C)CC1. The van der Waals surface area contributed by atoms with E-state index in [0.717, 1.165) is 32.5 Å². The Morgan fingerprint density at radius 2 is 1.84 bits per heavy atom. The van der Waals surface area contributed by atoms with Crippen LogP contribution in [0.3, 0.4) is 0 Å². The summed E-state index contributed by atoms with van der Waals surface area (Å²) in [5, 5.41) is 8.75. The first-order valence-corrected chi connectivity index (χ1v) is 6.87. The molecule has 0 radical (unpaired) electrons. The number of piperidine rings is 1. The first-order chi connectivity index (χ1) is 8.95. The summed E-state index contributed by atoms with van der Waals surface area (Å²) < 4.78 is 0. The molecule has 1 N–H and O–H groups in total. The van der Waals surface area contributed by atoms with Gasteiger partial charge in [-0.15, -0.1) is 0 Å². The topological polar surface area (TPSA) is 64.1 Å². The second-order valence-corrected chi connectivity index (χ2v) is 5.17. The van der Waals surface area contributed by atoms with E-state index in [2.05, 4.69) is 11.8 Å². The second-order valence-electron chi connectivity index (χ2n) is 5.17. The molecule has 1 saturated heterocycles. The lowest BCUT2D eigenvalue weighted by atomic mass is 10.0. The number of hydrogen-bond donors (Lipinski definition) is 1. The lowest BCUT2D eigenvalue weighted by molar-refractivity contribution is -0.137. The maximum absolute atomic E-state index is 11.8. The summed E-state index contributed by atoms with van der Waals surface area (Å²) in [5.41, 5.74) is 0. The molecule has 0 atom stereocenters. The fourth-order valence-corrected chi connectivity index (χ4v) is 2.54. The summed E-state index contributed by atoms with van der Waals surface area (Å²) in [6, 6.07) is 0.461. The van der Waals surface area contributed by atoms with Crippen LogP contribution in [0, 0.1) is 0 Å². The quantitative estimate of drug-likeness (QED) is 0.808. The molecule has 0 spiro atoms. The van der Waals surface area contributed by atoms with Crippen LogP contribution in [0.1, 0.15) is 26.2 Å². The van der Waals surface area contributed by atoms with Crippen molar-refractivity contribution in [2.75, 3.05) is 40.3 Å². The van der Waals surface area contributed by atoms with Crippen LogP contribution in [-0.4, -0.2) is 78.1 Å². The van der Waals surface area contributed by atoms with Gasteiger partial charge in [-0.1, -0.05) is 6.92 Å². The minimum atomic E-state index is -0.751. The maximum atomic E-state index is 11.8. The van der Waals surface area contributed by atoms with Gasteiger partial charge in [-0.05, 0) is 19.4 Å². The van der Waals surface area contributed by atoms with E-state index in [1.807, 2.05) is 4.90 Å². The fraction of sp³-hybridized carbons (Fsp3) is 0.846. The van der Waals surface area contributed by atoms with Crippen molar-refractivity contribution in [3.05, 3.63) is 0 Å². The Morgan fingerprint density at radius 3 is 2.26 bits per heavy atom. The van der Waals surface area contributed by atoms with Crippen molar-refractivity contribution in [1.29, 1.82) is 0 Å². The molecule has 0 unspecified atom stereocenters. The van der Waals surface area contributed by atoms with Crippen molar-refractivity contribution in [3.8, 4) is 0 Å². The first kappa shape index (κ1) is 15.8. The van der Waals surface area contributed by atoms with Crippen LogP contribution in [0.5, 0.6) is 0 Å². The van der Waals surface area contributed by atoms with Crippen molar-refractivity contribution >= 4 is 12.0 Å². The number of nitrogens with zero attached hydrogens (tertiary/aromatic N) is 3. The highest BCUT2D eigenvalue weighted by atomic mass is 16.4.